The van der Waals surface area contributed by atoms with Crippen molar-refractivity contribution in [2.24, 2.45) is 5.41 Å². The first-order chi connectivity index (χ1) is 9.56. The van der Waals surface area contributed by atoms with Crippen molar-refractivity contribution in [2.45, 2.75) is 44.2 Å². The largest absolute Gasteiger partial charge is 0.395 e. The molecule has 1 rings (SSSR count). The molecule has 5 nitrogen and oxygen atoms in total. The van der Waals surface area contributed by atoms with Gasteiger partial charge in [-0.25, -0.2) is 13.1 Å². The van der Waals surface area contributed by atoms with Gasteiger partial charge < -0.3 is 10.2 Å². The Morgan fingerprint density at radius 2 is 1.95 bits per heavy atom. The third-order valence-electron chi connectivity index (χ3n) is 3.16. The lowest BCUT2D eigenvalue weighted by molar-refractivity contribution is 0.0420. The lowest BCUT2D eigenvalue weighted by Gasteiger charge is -2.29. The van der Waals surface area contributed by atoms with Crippen LogP contribution >= 0.6 is 11.6 Å². The zero-order chi connectivity index (χ0) is 16.3. The van der Waals surface area contributed by atoms with E-state index in [0.717, 1.165) is 0 Å². The third-order valence-corrected chi connectivity index (χ3v) is 4.91. The van der Waals surface area contributed by atoms with Crippen molar-refractivity contribution < 1.29 is 18.6 Å². The van der Waals surface area contributed by atoms with Crippen molar-refractivity contribution in [2.75, 3.05) is 6.61 Å². The average molecular weight is 336 g/mol. The summed E-state index contributed by atoms with van der Waals surface area (Å²) in [4.78, 5) is 0.0266. The number of halogens is 1. The second-order valence-corrected chi connectivity index (χ2v) is 8.23. The summed E-state index contributed by atoms with van der Waals surface area (Å²) >= 11 is 5.78. The monoisotopic (exact) mass is 335 g/mol. The Morgan fingerprint density at radius 1 is 1.33 bits per heavy atom. The minimum atomic E-state index is -3.79. The van der Waals surface area contributed by atoms with Gasteiger partial charge in [-0.2, -0.15) is 0 Å². The first kappa shape index (κ1) is 18.4. The molecule has 0 bridgehead atoms. The number of aliphatic hydroxyl groups is 2. The molecule has 0 saturated carbocycles. The van der Waals surface area contributed by atoms with E-state index in [0.29, 0.717) is 5.02 Å². The van der Waals surface area contributed by atoms with Gasteiger partial charge in [0.05, 0.1) is 17.6 Å². The van der Waals surface area contributed by atoms with Crippen molar-refractivity contribution in [3.8, 4) is 0 Å². The van der Waals surface area contributed by atoms with Gasteiger partial charge in [-0.3, -0.25) is 0 Å². The van der Waals surface area contributed by atoms with Gasteiger partial charge in [0, 0.05) is 11.1 Å². The van der Waals surface area contributed by atoms with Crippen LogP contribution in [0.1, 0.15) is 27.2 Å². The highest BCUT2D eigenvalue weighted by atomic mass is 35.5. The van der Waals surface area contributed by atoms with E-state index in [-0.39, 0.29) is 11.3 Å². The van der Waals surface area contributed by atoms with Crippen molar-refractivity contribution in [3.05, 3.63) is 29.3 Å². The minimum absolute atomic E-state index is 0.0266. The summed E-state index contributed by atoms with van der Waals surface area (Å²) in [5.74, 6) is 0. The maximum absolute atomic E-state index is 12.2. The lowest BCUT2D eigenvalue weighted by atomic mass is 9.86. The zero-order valence-corrected chi connectivity index (χ0v) is 13.9. The molecule has 0 aromatic heterocycles. The van der Waals surface area contributed by atoms with Gasteiger partial charge >= 0.3 is 0 Å². The van der Waals surface area contributed by atoms with E-state index in [9.17, 15) is 18.6 Å². The summed E-state index contributed by atoms with van der Waals surface area (Å²) in [6, 6.07) is 5.10. The highest BCUT2D eigenvalue weighted by molar-refractivity contribution is 7.89. The lowest BCUT2D eigenvalue weighted by Crippen LogP contribution is -2.42. The molecule has 21 heavy (non-hydrogen) atoms. The molecule has 7 heteroatoms. The molecule has 0 aliphatic carbocycles. The SMILES string of the molecule is CC(C)(C)[C@@H](O)C[C@H](CO)NS(=O)(=O)c1cccc(Cl)c1. The molecule has 0 aliphatic rings. The predicted molar refractivity (Wildman–Crippen MR) is 82.7 cm³/mol. The summed E-state index contributed by atoms with van der Waals surface area (Å²) in [6.45, 7) is 5.14. The maximum atomic E-state index is 12.2. The quantitative estimate of drug-likeness (QED) is 0.739. The molecule has 0 aliphatic heterocycles. The number of hydrogen-bond donors (Lipinski definition) is 3. The highest BCUT2D eigenvalue weighted by Gasteiger charge is 2.28. The molecule has 3 N–H and O–H groups in total. The number of nitrogens with one attached hydrogen (secondary N) is 1. The van der Waals surface area contributed by atoms with Crippen LogP contribution in [0, 0.1) is 5.41 Å². The molecule has 0 saturated heterocycles. The van der Waals surface area contributed by atoms with Crippen molar-refractivity contribution in [3.63, 3.8) is 0 Å². The molecular formula is C14H22ClNO4S. The first-order valence-corrected chi connectivity index (χ1v) is 8.49. The van der Waals surface area contributed by atoms with Crippen molar-refractivity contribution in [1.29, 1.82) is 0 Å². The normalized spacial score (nSPS) is 15.7. The third kappa shape index (κ3) is 5.56. The zero-order valence-electron chi connectivity index (χ0n) is 12.4. The number of aliphatic hydroxyl groups excluding tert-OH is 2. The van der Waals surface area contributed by atoms with Crippen LogP contribution in [0.25, 0.3) is 0 Å². The van der Waals surface area contributed by atoms with Gasteiger partial charge in [-0.05, 0) is 30.0 Å². The van der Waals surface area contributed by atoms with Crippen LogP contribution in [0.4, 0.5) is 0 Å². The molecule has 0 amide bonds. The van der Waals surface area contributed by atoms with E-state index in [1.807, 2.05) is 20.8 Å². The molecule has 1 aromatic carbocycles. The molecule has 0 radical (unpaired) electrons. The van der Waals surface area contributed by atoms with Gasteiger partial charge in [-0.1, -0.05) is 38.4 Å². The molecule has 0 fully saturated rings. The Bertz CT molecular complexity index is 569. The van der Waals surface area contributed by atoms with E-state index in [1.165, 1.54) is 18.2 Å². The topological polar surface area (TPSA) is 86.6 Å². The molecule has 0 unspecified atom stereocenters. The van der Waals surface area contributed by atoms with Crippen molar-refractivity contribution >= 4 is 21.6 Å². The fraction of sp³-hybridized carbons (Fsp3) is 0.571. The Kier molecular flexibility index (Phi) is 6.19. The van der Waals surface area contributed by atoms with Gasteiger partial charge in [0.15, 0.2) is 0 Å². The number of rotatable bonds is 6. The van der Waals surface area contributed by atoms with Crippen LogP contribution in [0.5, 0.6) is 0 Å². The standard InChI is InChI=1S/C14H22ClNO4S/c1-14(2,3)13(18)8-11(9-17)16-21(19,20)12-6-4-5-10(15)7-12/h4-7,11,13,16-18H,8-9H2,1-3H3/t11-,13+/m1/s1. The Morgan fingerprint density at radius 3 is 2.43 bits per heavy atom. The fourth-order valence-corrected chi connectivity index (χ4v) is 3.25. The summed E-state index contributed by atoms with van der Waals surface area (Å²) < 4.78 is 26.8. The summed E-state index contributed by atoms with van der Waals surface area (Å²) in [7, 11) is -3.79. The van der Waals surface area contributed by atoms with E-state index in [1.54, 1.807) is 6.07 Å². The smallest absolute Gasteiger partial charge is 0.240 e. The van der Waals surface area contributed by atoms with E-state index in [4.69, 9.17) is 11.6 Å². The number of hydrogen-bond acceptors (Lipinski definition) is 4. The van der Waals surface area contributed by atoms with Gasteiger partial charge in [-0.15, -0.1) is 0 Å². The maximum Gasteiger partial charge on any atom is 0.240 e. The summed E-state index contributed by atoms with van der Waals surface area (Å²) in [5, 5.41) is 19.7. The molecular weight excluding hydrogens is 314 g/mol. The van der Waals surface area contributed by atoms with Crippen molar-refractivity contribution in [1.82, 2.24) is 4.72 Å². The molecule has 0 heterocycles. The average Bonchev–Trinajstić information content (AvgIpc) is 2.36. The van der Waals surface area contributed by atoms with Crippen LogP contribution in [0.15, 0.2) is 29.2 Å². The van der Waals surface area contributed by atoms with Crippen LogP contribution < -0.4 is 4.72 Å². The van der Waals surface area contributed by atoms with E-state index in [2.05, 4.69) is 4.72 Å². The van der Waals surface area contributed by atoms with Gasteiger partial charge in [0.2, 0.25) is 10.0 Å². The second kappa shape index (κ2) is 7.07. The summed E-state index contributed by atoms with van der Waals surface area (Å²) in [5.41, 5.74) is -0.394. The fourth-order valence-electron chi connectivity index (χ4n) is 1.70. The van der Waals surface area contributed by atoms with Crippen LogP contribution in [0.2, 0.25) is 5.02 Å². The highest BCUT2D eigenvalue weighted by Crippen LogP contribution is 2.23. The van der Waals surface area contributed by atoms with Gasteiger partial charge in [0.1, 0.15) is 0 Å². The Hall–Kier alpha value is -0.660. The predicted octanol–water partition coefficient (Wildman–Crippen LogP) is 1.78. The van der Waals surface area contributed by atoms with Crippen LogP contribution in [-0.2, 0) is 10.0 Å². The molecule has 2 atom stereocenters. The van der Waals surface area contributed by atoms with E-state index < -0.39 is 34.2 Å². The van der Waals surface area contributed by atoms with E-state index >= 15 is 0 Å². The Balaban J connectivity index is 2.86. The van der Waals surface area contributed by atoms with Crippen LogP contribution in [-0.4, -0.2) is 37.4 Å². The first-order valence-electron chi connectivity index (χ1n) is 6.63. The van der Waals surface area contributed by atoms with Gasteiger partial charge in [0.25, 0.3) is 0 Å². The Labute approximate surface area is 131 Å². The molecule has 120 valence electrons. The second-order valence-electron chi connectivity index (χ2n) is 6.08. The number of sulfonamides is 1. The molecule has 0 spiro atoms. The molecule has 1 aromatic rings. The minimum Gasteiger partial charge on any atom is -0.395 e. The number of benzene rings is 1. The summed E-state index contributed by atoms with van der Waals surface area (Å²) in [6.07, 6.45) is -0.614. The van der Waals surface area contributed by atoms with Crippen LogP contribution in [0.3, 0.4) is 0 Å².